The molecule has 5 nitrogen and oxygen atoms in total. The summed E-state index contributed by atoms with van der Waals surface area (Å²) in [6, 6.07) is 7.95. The summed E-state index contributed by atoms with van der Waals surface area (Å²) in [6.45, 7) is 1.32. The van der Waals surface area contributed by atoms with Gasteiger partial charge in [-0.1, -0.05) is 18.2 Å². The van der Waals surface area contributed by atoms with Gasteiger partial charge in [0.15, 0.2) is 0 Å². The molecule has 0 fully saturated rings. The molecule has 0 radical (unpaired) electrons. The van der Waals surface area contributed by atoms with Crippen LogP contribution in [0.1, 0.15) is 21.5 Å². The molecule has 8 heteroatoms. The van der Waals surface area contributed by atoms with E-state index < -0.39 is 28.4 Å². The van der Waals surface area contributed by atoms with Gasteiger partial charge in [0, 0.05) is 11.6 Å². The maximum atomic E-state index is 12.9. The van der Waals surface area contributed by atoms with Crippen molar-refractivity contribution in [2.24, 2.45) is 0 Å². The first-order chi connectivity index (χ1) is 10.7. The van der Waals surface area contributed by atoms with Gasteiger partial charge in [-0.25, -0.2) is 4.79 Å². The van der Waals surface area contributed by atoms with Crippen molar-refractivity contribution in [1.29, 1.82) is 0 Å². The number of esters is 1. The Labute approximate surface area is 128 Å². The van der Waals surface area contributed by atoms with Crippen LogP contribution < -0.4 is 4.74 Å². The van der Waals surface area contributed by atoms with Gasteiger partial charge in [0.25, 0.3) is 5.69 Å². The first kappa shape index (κ1) is 16.5. The number of rotatable bonds is 3. The SMILES string of the molecule is Cc1c(C(=O)Oc2ccccc2C(F)(F)F)cccc1[N+](=O)[O-]. The Kier molecular flexibility index (Phi) is 4.35. The van der Waals surface area contributed by atoms with E-state index in [2.05, 4.69) is 0 Å². The molecule has 0 aromatic heterocycles. The molecule has 2 rings (SSSR count). The van der Waals surface area contributed by atoms with Crippen LogP contribution in [0.3, 0.4) is 0 Å². The third kappa shape index (κ3) is 3.47. The molecule has 0 saturated carbocycles. The lowest BCUT2D eigenvalue weighted by Gasteiger charge is -2.13. The smallest absolute Gasteiger partial charge is 0.419 e. The number of ether oxygens (including phenoxy) is 1. The van der Waals surface area contributed by atoms with Gasteiger partial charge in [-0.3, -0.25) is 10.1 Å². The first-order valence-corrected chi connectivity index (χ1v) is 6.34. The quantitative estimate of drug-likeness (QED) is 0.368. The zero-order chi connectivity index (χ0) is 17.2. The summed E-state index contributed by atoms with van der Waals surface area (Å²) in [5.41, 5.74) is -1.57. The third-order valence-electron chi connectivity index (χ3n) is 3.12. The van der Waals surface area contributed by atoms with Crippen LogP contribution in [0.5, 0.6) is 5.75 Å². The van der Waals surface area contributed by atoms with Gasteiger partial charge in [-0.2, -0.15) is 13.2 Å². The second kappa shape index (κ2) is 6.07. The molecule has 0 spiro atoms. The van der Waals surface area contributed by atoms with Crippen LogP contribution in [-0.4, -0.2) is 10.9 Å². The number of nitro benzene ring substituents is 1. The van der Waals surface area contributed by atoms with Gasteiger partial charge in [0.2, 0.25) is 0 Å². The minimum Gasteiger partial charge on any atom is -0.422 e. The van der Waals surface area contributed by atoms with E-state index in [1.807, 2.05) is 0 Å². The van der Waals surface area contributed by atoms with E-state index >= 15 is 0 Å². The Morgan fingerprint density at radius 3 is 2.39 bits per heavy atom. The predicted molar refractivity (Wildman–Crippen MR) is 74.2 cm³/mol. The Hall–Kier alpha value is -2.90. The van der Waals surface area contributed by atoms with E-state index in [4.69, 9.17) is 4.74 Å². The summed E-state index contributed by atoms with van der Waals surface area (Å²) >= 11 is 0. The largest absolute Gasteiger partial charge is 0.422 e. The number of halogens is 3. The Morgan fingerprint density at radius 2 is 1.78 bits per heavy atom. The minimum absolute atomic E-state index is 0.0204. The van der Waals surface area contributed by atoms with Crippen LogP contribution in [0.25, 0.3) is 0 Å². The molecule has 2 aromatic carbocycles. The van der Waals surface area contributed by atoms with E-state index in [1.54, 1.807) is 0 Å². The van der Waals surface area contributed by atoms with Crippen molar-refractivity contribution >= 4 is 11.7 Å². The minimum atomic E-state index is -4.69. The van der Waals surface area contributed by atoms with Crippen molar-refractivity contribution < 1.29 is 27.6 Å². The summed E-state index contributed by atoms with van der Waals surface area (Å²) in [4.78, 5) is 22.2. The van der Waals surface area contributed by atoms with Crippen molar-refractivity contribution in [3.63, 3.8) is 0 Å². The fourth-order valence-corrected chi connectivity index (χ4v) is 1.99. The number of carbonyl (C=O) groups excluding carboxylic acids is 1. The molecular formula is C15H10F3NO4. The van der Waals surface area contributed by atoms with Crippen molar-refractivity contribution in [2.45, 2.75) is 13.1 Å². The fourth-order valence-electron chi connectivity index (χ4n) is 1.99. The monoisotopic (exact) mass is 325 g/mol. The van der Waals surface area contributed by atoms with Crippen molar-refractivity contribution in [3.05, 3.63) is 69.3 Å². The molecular weight excluding hydrogens is 315 g/mol. The highest BCUT2D eigenvalue weighted by molar-refractivity contribution is 5.93. The van der Waals surface area contributed by atoms with E-state index in [-0.39, 0.29) is 16.8 Å². The number of hydrogen-bond acceptors (Lipinski definition) is 4. The van der Waals surface area contributed by atoms with Crippen LogP contribution in [0, 0.1) is 17.0 Å². The zero-order valence-electron chi connectivity index (χ0n) is 11.8. The standard InChI is InChI=1S/C15H10F3NO4/c1-9-10(5-4-7-12(9)19(21)22)14(20)23-13-8-3-2-6-11(13)15(16,17)18/h2-8H,1H3. The lowest BCUT2D eigenvalue weighted by molar-refractivity contribution is -0.385. The van der Waals surface area contributed by atoms with Crippen LogP contribution >= 0.6 is 0 Å². The summed E-state index contributed by atoms with van der Waals surface area (Å²) in [5, 5.41) is 10.8. The maximum Gasteiger partial charge on any atom is 0.419 e. The molecule has 0 saturated heterocycles. The van der Waals surface area contributed by atoms with E-state index in [1.165, 1.54) is 37.3 Å². The molecule has 0 atom stereocenters. The van der Waals surface area contributed by atoms with Crippen molar-refractivity contribution in [2.75, 3.05) is 0 Å². The van der Waals surface area contributed by atoms with E-state index in [0.29, 0.717) is 0 Å². The lowest BCUT2D eigenvalue weighted by Crippen LogP contribution is -2.15. The Bertz CT molecular complexity index is 772. The summed E-state index contributed by atoms with van der Waals surface area (Å²) in [5.74, 6) is -1.75. The number of alkyl halides is 3. The van der Waals surface area contributed by atoms with Gasteiger partial charge in [0.05, 0.1) is 16.1 Å². The number of nitrogens with zero attached hydrogens (tertiary/aromatic N) is 1. The van der Waals surface area contributed by atoms with Crippen molar-refractivity contribution in [1.82, 2.24) is 0 Å². The van der Waals surface area contributed by atoms with Crippen LogP contribution in [0.2, 0.25) is 0 Å². The molecule has 120 valence electrons. The van der Waals surface area contributed by atoms with E-state index in [9.17, 15) is 28.1 Å². The van der Waals surface area contributed by atoms with Crippen molar-refractivity contribution in [3.8, 4) is 5.75 Å². The highest BCUT2D eigenvalue weighted by Gasteiger charge is 2.35. The normalized spacial score (nSPS) is 11.1. The predicted octanol–water partition coefficient (Wildman–Crippen LogP) is 4.14. The van der Waals surface area contributed by atoms with Gasteiger partial charge >= 0.3 is 12.1 Å². The topological polar surface area (TPSA) is 69.4 Å². The van der Waals surface area contributed by atoms with Gasteiger partial charge in [-0.15, -0.1) is 0 Å². The molecule has 0 N–H and O–H groups in total. The number of nitro groups is 1. The molecule has 0 aliphatic rings. The molecule has 23 heavy (non-hydrogen) atoms. The van der Waals surface area contributed by atoms with Crippen LogP contribution in [0.15, 0.2) is 42.5 Å². The average molecular weight is 325 g/mol. The Balaban J connectivity index is 2.38. The van der Waals surface area contributed by atoms with Gasteiger partial charge < -0.3 is 4.74 Å². The second-order valence-electron chi connectivity index (χ2n) is 4.59. The fraction of sp³-hybridized carbons (Fsp3) is 0.133. The zero-order valence-corrected chi connectivity index (χ0v) is 11.8. The second-order valence-corrected chi connectivity index (χ2v) is 4.59. The highest BCUT2D eigenvalue weighted by Crippen LogP contribution is 2.36. The van der Waals surface area contributed by atoms with Crippen LogP contribution in [0.4, 0.5) is 18.9 Å². The number of hydrogen-bond donors (Lipinski definition) is 0. The summed E-state index contributed by atoms with van der Waals surface area (Å²) in [7, 11) is 0. The number of benzene rings is 2. The molecule has 0 unspecified atom stereocenters. The van der Waals surface area contributed by atoms with Gasteiger partial charge in [-0.05, 0) is 25.1 Å². The molecule has 0 bridgehead atoms. The van der Waals surface area contributed by atoms with Gasteiger partial charge in [0.1, 0.15) is 5.75 Å². The third-order valence-corrected chi connectivity index (χ3v) is 3.12. The number of para-hydroxylation sites is 1. The number of carbonyl (C=O) groups is 1. The molecule has 0 aliphatic heterocycles. The summed E-state index contributed by atoms with van der Waals surface area (Å²) < 4.78 is 43.4. The summed E-state index contributed by atoms with van der Waals surface area (Å²) in [6.07, 6.45) is -4.69. The first-order valence-electron chi connectivity index (χ1n) is 6.34. The molecule has 0 amide bonds. The average Bonchev–Trinajstić information content (AvgIpc) is 2.46. The van der Waals surface area contributed by atoms with E-state index in [0.717, 1.165) is 12.1 Å². The maximum absolute atomic E-state index is 12.9. The molecule has 2 aromatic rings. The molecule has 0 aliphatic carbocycles. The lowest BCUT2D eigenvalue weighted by atomic mass is 10.1. The Morgan fingerprint density at radius 1 is 1.13 bits per heavy atom. The molecule has 0 heterocycles. The van der Waals surface area contributed by atoms with Crippen LogP contribution in [-0.2, 0) is 6.18 Å². The highest BCUT2D eigenvalue weighted by atomic mass is 19.4.